The molecule has 0 fully saturated rings. The summed E-state index contributed by atoms with van der Waals surface area (Å²) < 4.78 is 0. The molecule has 2 nitrogen and oxygen atoms in total. The Balaban J connectivity index is 2.75. The molecule has 1 aromatic carbocycles. The van der Waals surface area contributed by atoms with E-state index in [4.69, 9.17) is 0 Å². The summed E-state index contributed by atoms with van der Waals surface area (Å²) >= 11 is 1.74. The molecule has 0 aromatic heterocycles. The van der Waals surface area contributed by atoms with Crippen LogP contribution in [-0.2, 0) is 4.79 Å². The lowest BCUT2D eigenvalue weighted by Crippen LogP contribution is -2.24. The lowest BCUT2D eigenvalue weighted by Gasteiger charge is -2.18. The summed E-state index contributed by atoms with van der Waals surface area (Å²) in [7, 11) is 0. The van der Waals surface area contributed by atoms with Crippen LogP contribution in [0.2, 0.25) is 0 Å². The van der Waals surface area contributed by atoms with Gasteiger partial charge in [0.15, 0.2) is 0 Å². The van der Waals surface area contributed by atoms with Crippen LogP contribution in [0.3, 0.4) is 0 Å². The molecule has 3 heteroatoms. The molecule has 0 bridgehead atoms. The summed E-state index contributed by atoms with van der Waals surface area (Å²) in [5.74, 6) is 1.58. The Labute approximate surface area is 127 Å². The van der Waals surface area contributed by atoms with Gasteiger partial charge in [-0.1, -0.05) is 45.4 Å². The van der Waals surface area contributed by atoms with Crippen molar-refractivity contribution >= 4 is 23.4 Å². The molecule has 0 aliphatic rings. The molecule has 0 spiro atoms. The number of anilines is 1. The summed E-state index contributed by atoms with van der Waals surface area (Å²) in [5.41, 5.74) is 3.34. The van der Waals surface area contributed by atoms with Crippen molar-refractivity contribution in [1.82, 2.24) is 0 Å². The van der Waals surface area contributed by atoms with E-state index in [1.54, 1.807) is 11.8 Å². The van der Waals surface area contributed by atoms with E-state index in [0.717, 1.165) is 17.0 Å². The Morgan fingerprint density at radius 1 is 1.30 bits per heavy atom. The van der Waals surface area contributed by atoms with Crippen molar-refractivity contribution in [2.75, 3.05) is 11.1 Å². The topological polar surface area (TPSA) is 29.1 Å². The molecule has 1 atom stereocenters. The van der Waals surface area contributed by atoms with Gasteiger partial charge >= 0.3 is 0 Å². The largest absolute Gasteiger partial charge is 0.325 e. The van der Waals surface area contributed by atoms with Crippen LogP contribution < -0.4 is 5.32 Å². The quantitative estimate of drug-likeness (QED) is 0.718. The SMILES string of the molecule is CCCCSC(C)C(=O)Nc1c(C)cccc1C(C)C. The number of benzene rings is 1. The van der Waals surface area contributed by atoms with Gasteiger partial charge in [0.2, 0.25) is 5.91 Å². The molecule has 1 rings (SSSR count). The zero-order chi connectivity index (χ0) is 15.1. The second-order valence-electron chi connectivity index (χ2n) is 5.55. The van der Waals surface area contributed by atoms with Gasteiger partial charge in [-0.05, 0) is 43.1 Å². The van der Waals surface area contributed by atoms with Crippen molar-refractivity contribution in [3.8, 4) is 0 Å². The van der Waals surface area contributed by atoms with Crippen molar-refractivity contribution < 1.29 is 4.79 Å². The zero-order valence-electron chi connectivity index (χ0n) is 13.3. The first-order chi connectivity index (χ1) is 9.47. The van der Waals surface area contributed by atoms with E-state index >= 15 is 0 Å². The molecule has 0 saturated heterocycles. The highest BCUT2D eigenvalue weighted by atomic mass is 32.2. The van der Waals surface area contributed by atoms with Crippen molar-refractivity contribution in [3.05, 3.63) is 29.3 Å². The maximum absolute atomic E-state index is 12.3. The number of para-hydroxylation sites is 1. The number of rotatable bonds is 7. The summed E-state index contributed by atoms with van der Waals surface area (Å²) in [5, 5.41) is 3.13. The molecule has 112 valence electrons. The summed E-state index contributed by atoms with van der Waals surface area (Å²) in [6.07, 6.45) is 2.35. The minimum Gasteiger partial charge on any atom is -0.325 e. The molecule has 20 heavy (non-hydrogen) atoms. The van der Waals surface area contributed by atoms with Crippen molar-refractivity contribution in [2.45, 2.75) is 58.6 Å². The minimum absolute atomic E-state index is 0.00108. The van der Waals surface area contributed by atoms with Crippen LogP contribution in [0.15, 0.2) is 18.2 Å². The fourth-order valence-electron chi connectivity index (χ4n) is 2.05. The Bertz CT molecular complexity index is 443. The number of carbonyl (C=O) groups is 1. The van der Waals surface area contributed by atoms with Gasteiger partial charge in [0.25, 0.3) is 0 Å². The summed E-state index contributed by atoms with van der Waals surface area (Å²) in [6.45, 7) is 10.5. The molecule has 1 aromatic rings. The van der Waals surface area contributed by atoms with Crippen molar-refractivity contribution in [3.63, 3.8) is 0 Å². The molecule has 1 N–H and O–H groups in total. The minimum atomic E-state index is 0.00108. The Hall–Kier alpha value is -0.960. The third kappa shape index (κ3) is 4.86. The molecule has 1 amide bonds. The van der Waals surface area contributed by atoms with Crippen LogP contribution in [0.5, 0.6) is 0 Å². The number of unbranched alkanes of at least 4 members (excludes halogenated alkanes) is 1. The number of hydrogen-bond donors (Lipinski definition) is 1. The van der Waals surface area contributed by atoms with Crippen LogP contribution in [0.4, 0.5) is 5.69 Å². The van der Waals surface area contributed by atoms with Crippen LogP contribution in [0.1, 0.15) is 57.6 Å². The fraction of sp³-hybridized carbons (Fsp3) is 0.588. The van der Waals surface area contributed by atoms with Crippen LogP contribution >= 0.6 is 11.8 Å². The van der Waals surface area contributed by atoms with E-state index in [9.17, 15) is 4.79 Å². The predicted octanol–water partition coefficient (Wildman–Crippen LogP) is 4.98. The smallest absolute Gasteiger partial charge is 0.237 e. The summed E-state index contributed by atoms with van der Waals surface area (Å²) in [4.78, 5) is 12.3. The van der Waals surface area contributed by atoms with Crippen molar-refractivity contribution in [1.29, 1.82) is 0 Å². The standard InChI is InChI=1S/C17H27NOS/c1-6-7-11-20-14(5)17(19)18-16-13(4)9-8-10-15(16)12(2)3/h8-10,12,14H,6-7,11H2,1-5H3,(H,18,19). The van der Waals surface area contributed by atoms with Gasteiger partial charge in [-0.2, -0.15) is 0 Å². The van der Waals surface area contributed by atoms with E-state index in [2.05, 4.69) is 51.2 Å². The lowest BCUT2D eigenvalue weighted by atomic mass is 9.98. The highest BCUT2D eigenvalue weighted by Gasteiger charge is 2.16. The third-order valence-corrected chi connectivity index (χ3v) is 4.65. The van der Waals surface area contributed by atoms with Gasteiger partial charge < -0.3 is 5.32 Å². The second kappa shape index (κ2) is 8.35. The lowest BCUT2D eigenvalue weighted by molar-refractivity contribution is -0.115. The third-order valence-electron chi connectivity index (χ3n) is 3.41. The number of hydrogen-bond acceptors (Lipinski definition) is 2. The van der Waals surface area contributed by atoms with Gasteiger partial charge in [0.1, 0.15) is 0 Å². The van der Waals surface area contributed by atoms with Crippen molar-refractivity contribution in [2.24, 2.45) is 0 Å². The fourth-order valence-corrected chi connectivity index (χ4v) is 3.07. The monoisotopic (exact) mass is 293 g/mol. The normalized spacial score (nSPS) is 12.5. The van der Waals surface area contributed by atoms with Gasteiger partial charge in [-0.15, -0.1) is 11.8 Å². The molecule has 0 aliphatic carbocycles. The molecule has 0 heterocycles. The maximum atomic E-state index is 12.3. The first-order valence-electron chi connectivity index (χ1n) is 7.49. The molecule has 1 unspecified atom stereocenters. The van der Waals surface area contributed by atoms with E-state index in [1.807, 2.05) is 6.92 Å². The average Bonchev–Trinajstić information content (AvgIpc) is 2.40. The summed E-state index contributed by atoms with van der Waals surface area (Å²) in [6, 6.07) is 6.21. The predicted molar refractivity (Wildman–Crippen MR) is 90.7 cm³/mol. The number of aryl methyl sites for hydroxylation is 1. The highest BCUT2D eigenvalue weighted by Crippen LogP contribution is 2.28. The van der Waals surface area contributed by atoms with Gasteiger partial charge in [-0.3, -0.25) is 4.79 Å². The van der Waals surface area contributed by atoms with E-state index in [0.29, 0.717) is 5.92 Å². The molecule has 0 saturated carbocycles. The molecular formula is C17H27NOS. The average molecular weight is 293 g/mol. The van der Waals surface area contributed by atoms with E-state index < -0.39 is 0 Å². The molecule has 0 aliphatic heterocycles. The number of thioether (sulfide) groups is 1. The number of carbonyl (C=O) groups excluding carboxylic acids is 1. The van der Waals surface area contributed by atoms with Gasteiger partial charge in [0, 0.05) is 5.69 Å². The first-order valence-corrected chi connectivity index (χ1v) is 8.54. The Morgan fingerprint density at radius 3 is 2.60 bits per heavy atom. The molecule has 0 radical (unpaired) electrons. The van der Waals surface area contributed by atoms with Crippen LogP contribution in [0.25, 0.3) is 0 Å². The van der Waals surface area contributed by atoms with Crippen LogP contribution in [-0.4, -0.2) is 16.9 Å². The Kier molecular flexibility index (Phi) is 7.14. The number of nitrogens with one attached hydrogen (secondary N) is 1. The van der Waals surface area contributed by atoms with Crippen LogP contribution in [0, 0.1) is 6.92 Å². The van der Waals surface area contributed by atoms with Gasteiger partial charge in [-0.25, -0.2) is 0 Å². The maximum Gasteiger partial charge on any atom is 0.237 e. The first kappa shape index (κ1) is 17.1. The van der Waals surface area contributed by atoms with E-state index in [1.165, 1.54) is 18.4 Å². The second-order valence-corrected chi connectivity index (χ2v) is 7.00. The highest BCUT2D eigenvalue weighted by molar-refractivity contribution is 8.00. The van der Waals surface area contributed by atoms with Gasteiger partial charge in [0.05, 0.1) is 5.25 Å². The number of amides is 1. The van der Waals surface area contributed by atoms with E-state index in [-0.39, 0.29) is 11.2 Å². The zero-order valence-corrected chi connectivity index (χ0v) is 14.1. The Morgan fingerprint density at radius 2 is 2.00 bits per heavy atom. The molecular weight excluding hydrogens is 266 g/mol.